The van der Waals surface area contributed by atoms with Gasteiger partial charge in [0.1, 0.15) is 11.9 Å². The lowest BCUT2D eigenvalue weighted by Gasteiger charge is -2.33. The summed E-state index contributed by atoms with van der Waals surface area (Å²) in [4.78, 5) is 26.1. The highest BCUT2D eigenvalue weighted by Crippen LogP contribution is 2.23. The number of rotatable bonds is 5. The molecule has 1 saturated heterocycles. The Morgan fingerprint density at radius 3 is 2.72 bits per heavy atom. The number of hydrogen-bond donors (Lipinski definition) is 1. The van der Waals surface area contributed by atoms with Crippen LogP contribution >= 0.6 is 0 Å². The maximum absolute atomic E-state index is 13.1. The van der Waals surface area contributed by atoms with Gasteiger partial charge in [0.05, 0.1) is 5.92 Å². The first-order valence-electron chi connectivity index (χ1n) is 8.36. The van der Waals surface area contributed by atoms with Gasteiger partial charge in [-0.2, -0.15) is 0 Å². The molecule has 1 N–H and O–H groups in total. The Balaban J connectivity index is 1.84. The second kappa shape index (κ2) is 7.42. The summed E-state index contributed by atoms with van der Waals surface area (Å²) in [5.74, 6) is -0.938. The number of carboxylic acids is 1. The lowest BCUT2D eigenvalue weighted by Crippen LogP contribution is -2.46. The topological polar surface area (TPSA) is 101 Å². The number of piperidine rings is 1. The number of hydrogen-bond acceptors (Lipinski definition) is 5. The van der Waals surface area contributed by atoms with Gasteiger partial charge in [-0.1, -0.05) is 30.3 Å². The van der Waals surface area contributed by atoms with Gasteiger partial charge < -0.3 is 10.0 Å². The molecule has 1 aromatic heterocycles. The van der Waals surface area contributed by atoms with Crippen LogP contribution in [0.5, 0.6) is 0 Å². The van der Waals surface area contributed by atoms with Gasteiger partial charge in [-0.05, 0) is 35.8 Å². The molecule has 1 fully saturated rings. The summed E-state index contributed by atoms with van der Waals surface area (Å²) < 4.78 is 1.53. The van der Waals surface area contributed by atoms with Crippen LogP contribution in [0.3, 0.4) is 0 Å². The van der Waals surface area contributed by atoms with E-state index in [4.69, 9.17) is 0 Å². The van der Waals surface area contributed by atoms with E-state index in [1.165, 1.54) is 4.68 Å². The third-order valence-corrected chi connectivity index (χ3v) is 4.59. The fourth-order valence-corrected chi connectivity index (χ4v) is 3.23. The number of likely N-dealkylation sites (tertiary alicyclic amines) is 1. The Labute approximate surface area is 145 Å². The summed E-state index contributed by atoms with van der Waals surface area (Å²) >= 11 is 0. The first-order valence-corrected chi connectivity index (χ1v) is 8.36. The van der Waals surface area contributed by atoms with Gasteiger partial charge in [0.2, 0.25) is 5.91 Å². The predicted molar refractivity (Wildman–Crippen MR) is 88.7 cm³/mol. The summed E-state index contributed by atoms with van der Waals surface area (Å²) in [6.07, 6.45) is 1.75. The standard InChI is InChI=1S/C17H21N5O3/c1-12-18-19-20-22(12)15(10-13-6-3-2-4-7-13)16(23)21-9-5-8-14(11-21)17(24)25/h2-4,6-7,14-15H,5,8-11H2,1H3,(H,24,25)/t14-,15+/m0/s1. The van der Waals surface area contributed by atoms with Crippen LogP contribution in [-0.4, -0.2) is 55.2 Å². The molecule has 0 aliphatic carbocycles. The largest absolute Gasteiger partial charge is 0.481 e. The van der Waals surface area contributed by atoms with Crippen LogP contribution < -0.4 is 0 Å². The molecule has 0 saturated carbocycles. The number of carbonyl (C=O) groups is 2. The number of benzene rings is 1. The molecule has 2 heterocycles. The molecule has 8 nitrogen and oxygen atoms in total. The Hall–Kier alpha value is -2.77. The van der Waals surface area contributed by atoms with Gasteiger partial charge in [-0.3, -0.25) is 9.59 Å². The fraction of sp³-hybridized carbons (Fsp3) is 0.471. The highest BCUT2D eigenvalue weighted by atomic mass is 16.4. The molecular formula is C17H21N5O3. The smallest absolute Gasteiger partial charge is 0.308 e. The molecule has 1 aliphatic heterocycles. The van der Waals surface area contributed by atoms with Crippen molar-refractivity contribution in [3.63, 3.8) is 0 Å². The van der Waals surface area contributed by atoms with Gasteiger partial charge in [0.15, 0.2) is 0 Å². The summed E-state index contributed by atoms with van der Waals surface area (Å²) in [6.45, 7) is 2.55. The minimum absolute atomic E-state index is 0.134. The van der Waals surface area contributed by atoms with Gasteiger partial charge in [-0.25, -0.2) is 4.68 Å². The number of carboxylic acid groups (broad SMARTS) is 1. The van der Waals surface area contributed by atoms with Crippen LogP contribution in [-0.2, 0) is 16.0 Å². The highest BCUT2D eigenvalue weighted by molar-refractivity contribution is 5.82. The van der Waals surface area contributed by atoms with E-state index in [0.29, 0.717) is 31.6 Å². The van der Waals surface area contributed by atoms with E-state index < -0.39 is 17.9 Å². The second-order valence-corrected chi connectivity index (χ2v) is 6.34. The molecule has 25 heavy (non-hydrogen) atoms. The zero-order valence-electron chi connectivity index (χ0n) is 14.1. The van der Waals surface area contributed by atoms with Crippen molar-refractivity contribution in [1.29, 1.82) is 0 Å². The van der Waals surface area contributed by atoms with Crippen molar-refractivity contribution in [3.8, 4) is 0 Å². The van der Waals surface area contributed by atoms with Gasteiger partial charge in [-0.15, -0.1) is 5.10 Å². The van der Waals surface area contributed by atoms with Crippen LogP contribution in [0.1, 0.15) is 30.3 Å². The average Bonchev–Trinajstić information content (AvgIpc) is 3.06. The summed E-state index contributed by atoms with van der Waals surface area (Å²) in [7, 11) is 0. The number of carbonyl (C=O) groups excluding carboxylic acids is 1. The van der Waals surface area contributed by atoms with Gasteiger partial charge >= 0.3 is 5.97 Å². The molecule has 1 aromatic carbocycles. The van der Waals surface area contributed by atoms with E-state index in [2.05, 4.69) is 15.5 Å². The van der Waals surface area contributed by atoms with Crippen LogP contribution in [0.2, 0.25) is 0 Å². The predicted octanol–water partition coefficient (Wildman–Crippen LogP) is 1.09. The second-order valence-electron chi connectivity index (χ2n) is 6.34. The normalized spacial score (nSPS) is 18.8. The van der Waals surface area contributed by atoms with Crippen molar-refractivity contribution in [2.45, 2.75) is 32.2 Å². The van der Waals surface area contributed by atoms with E-state index in [1.54, 1.807) is 11.8 Å². The van der Waals surface area contributed by atoms with E-state index in [9.17, 15) is 14.7 Å². The number of nitrogens with zero attached hydrogens (tertiary/aromatic N) is 5. The quantitative estimate of drug-likeness (QED) is 0.872. The molecule has 0 radical (unpaired) electrons. The van der Waals surface area contributed by atoms with Crippen molar-refractivity contribution in [3.05, 3.63) is 41.7 Å². The van der Waals surface area contributed by atoms with E-state index >= 15 is 0 Å². The maximum Gasteiger partial charge on any atom is 0.308 e. The summed E-state index contributed by atoms with van der Waals surface area (Å²) in [5.41, 5.74) is 1.00. The molecular weight excluding hydrogens is 322 g/mol. The van der Waals surface area contributed by atoms with Crippen molar-refractivity contribution < 1.29 is 14.7 Å². The van der Waals surface area contributed by atoms with Crippen LogP contribution in [0.15, 0.2) is 30.3 Å². The lowest BCUT2D eigenvalue weighted by atomic mass is 9.96. The summed E-state index contributed by atoms with van der Waals surface area (Å²) in [5, 5.41) is 20.8. The van der Waals surface area contributed by atoms with Crippen LogP contribution in [0.25, 0.3) is 0 Å². The lowest BCUT2D eigenvalue weighted by molar-refractivity contribution is -0.146. The maximum atomic E-state index is 13.1. The first-order chi connectivity index (χ1) is 12.1. The zero-order chi connectivity index (χ0) is 17.8. The Bertz CT molecular complexity index is 746. The molecule has 0 unspecified atom stereocenters. The van der Waals surface area contributed by atoms with E-state index in [1.807, 2.05) is 30.3 Å². The Kier molecular flexibility index (Phi) is 5.06. The SMILES string of the molecule is Cc1nnnn1[C@H](Cc1ccccc1)C(=O)N1CCC[C@H](C(=O)O)C1. The molecule has 0 spiro atoms. The van der Waals surface area contributed by atoms with Gasteiger partial charge in [0.25, 0.3) is 0 Å². The number of aryl methyl sites for hydroxylation is 1. The van der Waals surface area contributed by atoms with Crippen LogP contribution in [0.4, 0.5) is 0 Å². The van der Waals surface area contributed by atoms with Gasteiger partial charge in [0, 0.05) is 19.5 Å². The number of aliphatic carboxylic acids is 1. The number of amides is 1. The molecule has 2 atom stereocenters. The Morgan fingerprint density at radius 2 is 2.08 bits per heavy atom. The molecule has 0 bridgehead atoms. The molecule has 2 aromatic rings. The minimum Gasteiger partial charge on any atom is -0.481 e. The first kappa shape index (κ1) is 17.1. The van der Waals surface area contributed by atoms with Crippen molar-refractivity contribution >= 4 is 11.9 Å². The van der Waals surface area contributed by atoms with Crippen molar-refractivity contribution in [1.82, 2.24) is 25.1 Å². The summed E-state index contributed by atoms with van der Waals surface area (Å²) in [6, 6.07) is 9.09. The molecule has 132 valence electrons. The van der Waals surface area contributed by atoms with E-state index in [-0.39, 0.29) is 12.5 Å². The fourth-order valence-electron chi connectivity index (χ4n) is 3.23. The molecule has 8 heteroatoms. The zero-order valence-corrected chi connectivity index (χ0v) is 14.1. The minimum atomic E-state index is -0.851. The third-order valence-electron chi connectivity index (χ3n) is 4.59. The molecule has 3 rings (SSSR count). The van der Waals surface area contributed by atoms with Crippen molar-refractivity contribution in [2.24, 2.45) is 5.92 Å². The third kappa shape index (κ3) is 3.84. The van der Waals surface area contributed by atoms with E-state index in [0.717, 1.165) is 5.56 Å². The average molecular weight is 343 g/mol. The molecule has 1 amide bonds. The Morgan fingerprint density at radius 1 is 1.32 bits per heavy atom. The van der Waals surface area contributed by atoms with Crippen LogP contribution in [0, 0.1) is 12.8 Å². The highest BCUT2D eigenvalue weighted by Gasteiger charge is 2.33. The molecule has 1 aliphatic rings. The number of aromatic nitrogens is 4. The monoisotopic (exact) mass is 343 g/mol. The van der Waals surface area contributed by atoms with Crippen molar-refractivity contribution in [2.75, 3.05) is 13.1 Å². The number of tetrazole rings is 1.